The number of hydrogen-bond acceptors (Lipinski definition) is 0. The Morgan fingerprint density at radius 1 is 0.833 bits per heavy atom. The van der Waals surface area contributed by atoms with Crippen LogP contribution in [0.2, 0.25) is 0 Å². The van der Waals surface area contributed by atoms with Crippen LogP contribution in [0, 0.1) is 0 Å². The van der Waals surface area contributed by atoms with Crippen molar-refractivity contribution in [3.63, 3.8) is 0 Å². The van der Waals surface area contributed by atoms with Crippen LogP contribution in [0.15, 0.2) is 0 Å². The number of hydrogen-bond donors (Lipinski definition) is 0. The Hall–Kier alpha value is 0.690. The molecule has 2 heteroatoms. The molecule has 0 aromatic carbocycles. The van der Waals surface area contributed by atoms with Gasteiger partial charge in [-0.3, -0.25) is 0 Å². The highest BCUT2D eigenvalue weighted by atomic mass is 127. The highest BCUT2D eigenvalue weighted by molar-refractivity contribution is 3.87. The van der Waals surface area contributed by atoms with Gasteiger partial charge >= 0.3 is 0 Å². The molecule has 0 rings (SSSR count). The minimum Gasteiger partial charge on any atom is -1.00 e. The van der Waals surface area contributed by atoms with Gasteiger partial charge in [0.2, 0.25) is 0 Å². The fourth-order valence-electron chi connectivity index (χ4n) is 0. The fraction of sp³-hybridized carbons (Fsp3) is 1.00. The summed E-state index contributed by atoms with van der Waals surface area (Å²) >= 11 is 0. The van der Waals surface area contributed by atoms with Crippen LogP contribution >= 0.6 is 0 Å². The third kappa shape index (κ3) is 134. The summed E-state index contributed by atoms with van der Waals surface area (Å²) in [6.45, 7) is 0. The Bertz CT molecular complexity index is 23.0. The van der Waals surface area contributed by atoms with Crippen LogP contribution in [0.1, 0.15) is 0 Å². The summed E-state index contributed by atoms with van der Waals surface area (Å²) in [6, 6.07) is 0. The molecular formula is C4H12IN. The standard InChI is InChI=1S/C4H12N.HI/c1-5(2,3)4;/h1-4H3;1H/q+1;/p-1/i1+1;. The van der Waals surface area contributed by atoms with Crippen LogP contribution in [0.4, 0.5) is 0 Å². The summed E-state index contributed by atoms with van der Waals surface area (Å²) in [5, 5.41) is 0. The largest absolute Gasteiger partial charge is 1.00 e. The molecule has 0 amide bonds. The summed E-state index contributed by atoms with van der Waals surface area (Å²) < 4.78 is 1.00. The maximum absolute atomic E-state index is 2.12. The molecular weight excluding hydrogens is 190 g/mol. The second-order valence-corrected chi connectivity index (χ2v) is 2.68. The molecule has 0 saturated heterocycles. The van der Waals surface area contributed by atoms with Gasteiger partial charge < -0.3 is 28.5 Å². The predicted molar refractivity (Wildman–Crippen MR) is 24.0 cm³/mol. The zero-order valence-corrected chi connectivity index (χ0v) is 6.98. The second-order valence-electron chi connectivity index (χ2n) is 2.68. The molecule has 40 valence electrons. The highest BCUT2D eigenvalue weighted by Gasteiger charge is 1.88. The van der Waals surface area contributed by atoms with Crippen molar-refractivity contribution in [2.24, 2.45) is 0 Å². The summed E-state index contributed by atoms with van der Waals surface area (Å²) in [5.74, 6) is 0. The molecule has 0 atom stereocenters. The van der Waals surface area contributed by atoms with Crippen LogP contribution in [0.3, 0.4) is 0 Å². The molecule has 0 N–H and O–H groups in total. The van der Waals surface area contributed by atoms with Gasteiger partial charge in [-0.05, 0) is 0 Å². The molecule has 0 aliphatic heterocycles. The predicted octanol–water partition coefficient (Wildman–Crippen LogP) is -2.67. The van der Waals surface area contributed by atoms with E-state index >= 15 is 0 Å². The molecule has 0 aromatic rings. The van der Waals surface area contributed by atoms with E-state index in [4.69, 9.17) is 0 Å². The Morgan fingerprint density at radius 2 is 0.833 bits per heavy atom. The van der Waals surface area contributed by atoms with Gasteiger partial charge in [0, 0.05) is 0 Å². The third-order valence-corrected chi connectivity index (χ3v) is 0. The van der Waals surface area contributed by atoms with Crippen molar-refractivity contribution in [3.05, 3.63) is 0 Å². The van der Waals surface area contributed by atoms with Gasteiger partial charge in [0.05, 0.1) is 28.2 Å². The van der Waals surface area contributed by atoms with E-state index in [2.05, 4.69) is 28.2 Å². The average molecular weight is 202 g/mol. The van der Waals surface area contributed by atoms with E-state index in [1.54, 1.807) is 0 Å². The molecule has 0 radical (unpaired) electrons. The molecule has 0 aliphatic carbocycles. The highest BCUT2D eigenvalue weighted by Crippen LogP contribution is 1.73. The van der Waals surface area contributed by atoms with Gasteiger partial charge in [-0.1, -0.05) is 0 Å². The first-order valence-electron chi connectivity index (χ1n) is 1.79. The first-order valence-corrected chi connectivity index (χ1v) is 1.79. The quantitative estimate of drug-likeness (QED) is 0.228. The molecule has 0 saturated carbocycles. The molecule has 0 spiro atoms. The van der Waals surface area contributed by atoms with E-state index in [-0.39, 0.29) is 24.0 Å². The summed E-state index contributed by atoms with van der Waals surface area (Å²) in [6.07, 6.45) is 0. The minimum atomic E-state index is 0. The van der Waals surface area contributed by atoms with E-state index in [1.807, 2.05) is 0 Å². The lowest BCUT2D eigenvalue weighted by Gasteiger charge is -2.14. The van der Waals surface area contributed by atoms with Gasteiger partial charge in [0.1, 0.15) is 0 Å². The first-order chi connectivity index (χ1) is 2.00. The van der Waals surface area contributed by atoms with Crippen molar-refractivity contribution in [1.29, 1.82) is 0 Å². The van der Waals surface area contributed by atoms with Gasteiger partial charge in [-0.25, -0.2) is 0 Å². The van der Waals surface area contributed by atoms with Crippen molar-refractivity contribution in [1.82, 2.24) is 0 Å². The monoisotopic (exact) mass is 202 g/mol. The minimum absolute atomic E-state index is 0. The van der Waals surface area contributed by atoms with Gasteiger partial charge in [0.25, 0.3) is 0 Å². The van der Waals surface area contributed by atoms with Crippen LogP contribution in [0.5, 0.6) is 0 Å². The summed E-state index contributed by atoms with van der Waals surface area (Å²) in [5.41, 5.74) is 0. The normalized spacial score (nSPS) is 10.0. The summed E-state index contributed by atoms with van der Waals surface area (Å²) in [7, 11) is 8.50. The second kappa shape index (κ2) is 2.80. The van der Waals surface area contributed by atoms with Crippen molar-refractivity contribution in [3.8, 4) is 0 Å². The molecule has 0 heterocycles. The van der Waals surface area contributed by atoms with E-state index in [0.717, 1.165) is 4.48 Å². The first kappa shape index (κ1) is 9.85. The fourth-order valence-corrected chi connectivity index (χ4v) is 0. The van der Waals surface area contributed by atoms with E-state index < -0.39 is 0 Å². The maximum Gasteiger partial charge on any atom is 0.0675 e. The lowest BCUT2D eigenvalue weighted by atomic mass is 10.9. The molecule has 0 aromatic heterocycles. The zero-order valence-electron chi connectivity index (χ0n) is 4.83. The molecule has 1 nitrogen and oxygen atoms in total. The Balaban J connectivity index is 0. The Morgan fingerprint density at radius 3 is 0.833 bits per heavy atom. The average Bonchev–Trinajstić information content (AvgIpc) is 0.722. The molecule has 0 fully saturated rings. The maximum atomic E-state index is 2.12. The van der Waals surface area contributed by atoms with E-state index in [9.17, 15) is 0 Å². The number of quaternary nitrogens is 1. The van der Waals surface area contributed by atoms with Crippen LogP contribution in [-0.2, 0) is 0 Å². The van der Waals surface area contributed by atoms with Crippen molar-refractivity contribution in [2.45, 2.75) is 0 Å². The van der Waals surface area contributed by atoms with Gasteiger partial charge in [-0.15, -0.1) is 0 Å². The lowest BCUT2D eigenvalue weighted by molar-refractivity contribution is -0.849. The third-order valence-electron chi connectivity index (χ3n) is 0. The number of rotatable bonds is 0. The molecule has 0 unspecified atom stereocenters. The van der Waals surface area contributed by atoms with Gasteiger partial charge in [0.15, 0.2) is 0 Å². The Labute approximate surface area is 56.9 Å². The van der Waals surface area contributed by atoms with Crippen molar-refractivity contribution < 1.29 is 28.5 Å². The van der Waals surface area contributed by atoms with E-state index in [0.29, 0.717) is 0 Å². The Kier molecular flexibility index (Phi) is 4.59. The number of nitrogens with zero attached hydrogens (tertiary/aromatic N) is 1. The van der Waals surface area contributed by atoms with Gasteiger partial charge in [-0.2, -0.15) is 0 Å². The SMILES string of the molecule is C[N+](C)(C)[13CH3].[I-]. The zero-order chi connectivity index (χ0) is 4.50. The van der Waals surface area contributed by atoms with Crippen LogP contribution in [0.25, 0.3) is 0 Å². The molecule has 0 aliphatic rings. The summed E-state index contributed by atoms with van der Waals surface area (Å²) in [4.78, 5) is 0. The molecule has 0 bridgehead atoms. The van der Waals surface area contributed by atoms with Crippen molar-refractivity contribution >= 4 is 0 Å². The lowest BCUT2D eigenvalue weighted by Crippen LogP contribution is -3.00. The van der Waals surface area contributed by atoms with Crippen LogP contribution in [-0.4, -0.2) is 32.7 Å². The molecule has 6 heavy (non-hydrogen) atoms. The van der Waals surface area contributed by atoms with E-state index in [1.165, 1.54) is 0 Å². The van der Waals surface area contributed by atoms with Crippen LogP contribution < -0.4 is 24.0 Å². The smallest absolute Gasteiger partial charge is 0.0675 e. The number of halogens is 1. The topological polar surface area (TPSA) is 0 Å². The van der Waals surface area contributed by atoms with Crippen molar-refractivity contribution in [2.75, 3.05) is 28.2 Å².